The Hall–Kier alpha value is -1.47. The zero-order valence-corrected chi connectivity index (χ0v) is 15.8. The minimum Gasteiger partial charge on any atom is -0.396 e. The second-order valence-electron chi connectivity index (χ2n) is 6.36. The minimum atomic E-state index is -4.57. The lowest BCUT2D eigenvalue weighted by atomic mass is 9.96. The van der Waals surface area contributed by atoms with Crippen molar-refractivity contribution in [1.29, 1.82) is 0 Å². The molecule has 2 atom stereocenters. The first-order valence-corrected chi connectivity index (χ1v) is 10.3. The van der Waals surface area contributed by atoms with Crippen molar-refractivity contribution in [1.82, 2.24) is 14.5 Å². The fourth-order valence-corrected chi connectivity index (χ4v) is 5.96. The number of β-amino-alcohol motifs (C(OH)–C–C–N with tert-alkyl or cyclic N) is 1. The number of rotatable bonds is 4. The van der Waals surface area contributed by atoms with Gasteiger partial charge >= 0.3 is 6.18 Å². The molecule has 0 aromatic carbocycles. The highest BCUT2D eigenvalue weighted by Gasteiger charge is 2.36. The van der Waals surface area contributed by atoms with E-state index in [2.05, 4.69) is 5.10 Å². The van der Waals surface area contributed by atoms with Gasteiger partial charge in [0.1, 0.15) is 11.4 Å². The molecule has 150 valence electrons. The van der Waals surface area contributed by atoms with E-state index in [1.165, 1.54) is 6.07 Å². The molecule has 1 aliphatic rings. The van der Waals surface area contributed by atoms with Crippen molar-refractivity contribution < 1.29 is 31.8 Å². The Kier molecular flexibility index (Phi) is 5.38. The van der Waals surface area contributed by atoms with E-state index in [1.54, 1.807) is 6.92 Å². The highest BCUT2D eigenvalue weighted by atomic mass is 32.2. The Balaban J connectivity index is 1.89. The number of aliphatic hydroxyl groups excluding tert-OH is 2. The Morgan fingerprint density at radius 3 is 2.67 bits per heavy atom. The van der Waals surface area contributed by atoms with Crippen molar-refractivity contribution in [2.45, 2.75) is 30.5 Å². The minimum absolute atomic E-state index is 0.0101. The van der Waals surface area contributed by atoms with Gasteiger partial charge in [-0.25, -0.2) is 8.42 Å². The first kappa shape index (κ1) is 20.3. The molecule has 7 nitrogen and oxygen atoms in total. The third kappa shape index (κ3) is 3.90. The molecule has 27 heavy (non-hydrogen) atoms. The summed E-state index contributed by atoms with van der Waals surface area (Å²) in [5.41, 5.74) is -1.00. The van der Waals surface area contributed by atoms with Crippen molar-refractivity contribution in [3.8, 4) is 10.6 Å². The average Bonchev–Trinajstić information content (AvgIpc) is 3.21. The van der Waals surface area contributed by atoms with Crippen LogP contribution in [0.1, 0.15) is 17.0 Å². The summed E-state index contributed by atoms with van der Waals surface area (Å²) < 4.78 is 65.1. The van der Waals surface area contributed by atoms with Gasteiger partial charge in [-0.1, -0.05) is 0 Å². The number of aromatic amines is 1. The summed E-state index contributed by atoms with van der Waals surface area (Å²) in [6.07, 6.45) is -5.22. The van der Waals surface area contributed by atoms with Gasteiger partial charge < -0.3 is 10.2 Å². The van der Waals surface area contributed by atoms with Crippen LogP contribution in [0.4, 0.5) is 13.2 Å². The molecule has 2 unspecified atom stereocenters. The highest BCUT2D eigenvalue weighted by Crippen LogP contribution is 2.37. The second-order valence-corrected chi connectivity index (χ2v) is 9.52. The van der Waals surface area contributed by atoms with Crippen LogP contribution in [-0.4, -0.2) is 58.9 Å². The predicted octanol–water partition coefficient (Wildman–Crippen LogP) is 1.83. The van der Waals surface area contributed by atoms with Gasteiger partial charge in [-0.05, 0) is 25.5 Å². The average molecular weight is 425 g/mol. The predicted molar refractivity (Wildman–Crippen MR) is 91.6 cm³/mol. The maximum atomic E-state index is 12.9. The standard InChI is InChI=1S/C15H18F3N3O4S2/c1-8-13(27(24,25)21-3-2-9(7-22)11(23)6-21)5-12(26-8)10-4-14(20-19-10)15(16,17)18/h4-5,9,11,22-23H,2-3,6-7H2,1H3,(H,19,20). The number of nitrogens with one attached hydrogen (secondary N) is 1. The quantitative estimate of drug-likeness (QED) is 0.693. The largest absolute Gasteiger partial charge is 0.432 e. The van der Waals surface area contributed by atoms with Gasteiger partial charge in [0.15, 0.2) is 0 Å². The van der Waals surface area contributed by atoms with Crippen LogP contribution in [0.25, 0.3) is 10.6 Å². The smallest absolute Gasteiger partial charge is 0.396 e. The van der Waals surface area contributed by atoms with Crippen molar-refractivity contribution in [3.63, 3.8) is 0 Å². The fourth-order valence-electron chi connectivity index (χ4n) is 2.96. The molecule has 3 rings (SSSR count). The number of sulfonamides is 1. The maximum absolute atomic E-state index is 12.9. The van der Waals surface area contributed by atoms with E-state index < -0.39 is 28.0 Å². The lowest BCUT2D eigenvalue weighted by Crippen LogP contribution is -2.47. The van der Waals surface area contributed by atoms with Crippen molar-refractivity contribution in [3.05, 3.63) is 22.7 Å². The third-order valence-corrected chi connectivity index (χ3v) is 7.74. The summed E-state index contributed by atoms with van der Waals surface area (Å²) in [7, 11) is -3.92. The zero-order valence-electron chi connectivity index (χ0n) is 14.2. The molecule has 1 fully saturated rings. The number of halogens is 3. The van der Waals surface area contributed by atoms with Gasteiger partial charge in [0, 0.05) is 30.5 Å². The van der Waals surface area contributed by atoms with E-state index in [0.29, 0.717) is 16.2 Å². The monoisotopic (exact) mass is 425 g/mol. The number of nitrogens with zero attached hydrogens (tertiary/aromatic N) is 2. The van der Waals surface area contributed by atoms with E-state index in [4.69, 9.17) is 0 Å². The molecule has 0 saturated carbocycles. The third-order valence-electron chi connectivity index (χ3n) is 4.54. The second kappa shape index (κ2) is 7.17. The van der Waals surface area contributed by atoms with Crippen LogP contribution in [-0.2, 0) is 16.2 Å². The van der Waals surface area contributed by atoms with Crippen LogP contribution in [0.15, 0.2) is 17.0 Å². The highest BCUT2D eigenvalue weighted by molar-refractivity contribution is 7.89. The topological polar surface area (TPSA) is 107 Å². The van der Waals surface area contributed by atoms with E-state index in [9.17, 15) is 31.8 Å². The lowest BCUT2D eigenvalue weighted by molar-refractivity contribution is -0.141. The molecule has 2 aromatic rings. The molecule has 1 saturated heterocycles. The van der Waals surface area contributed by atoms with Crippen LogP contribution < -0.4 is 0 Å². The molecule has 3 N–H and O–H groups in total. The van der Waals surface area contributed by atoms with Crippen LogP contribution in [0.3, 0.4) is 0 Å². The Bertz CT molecular complexity index is 923. The summed E-state index contributed by atoms with van der Waals surface area (Å²) in [6.45, 7) is 1.35. The molecule has 0 aliphatic carbocycles. The van der Waals surface area contributed by atoms with Crippen LogP contribution in [0.5, 0.6) is 0 Å². The van der Waals surface area contributed by atoms with Crippen molar-refractivity contribution in [2.75, 3.05) is 19.7 Å². The van der Waals surface area contributed by atoms with E-state index >= 15 is 0 Å². The Morgan fingerprint density at radius 1 is 1.41 bits per heavy atom. The van der Waals surface area contributed by atoms with Gasteiger partial charge in [-0.2, -0.15) is 22.6 Å². The SMILES string of the molecule is Cc1sc(-c2cc(C(F)(F)F)[nH]n2)cc1S(=O)(=O)N1CCC(CO)C(O)C1. The molecule has 0 amide bonds. The van der Waals surface area contributed by atoms with Crippen molar-refractivity contribution in [2.24, 2.45) is 5.92 Å². The number of alkyl halides is 3. The van der Waals surface area contributed by atoms with Crippen LogP contribution in [0.2, 0.25) is 0 Å². The number of aliphatic hydroxyl groups is 2. The number of piperidine rings is 1. The molecule has 12 heteroatoms. The normalized spacial score (nSPS) is 22.3. The summed E-state index contributed by atoms with van der Waals surface area (Å²) in [6, 6.07) is 2.13. The summed E-state index contributed by atoms with van der Waals surface area (Å²) in [5.74, 6) is -0.375. The van der Waals surface area contributed by atoms with Gasteiger partial charge in [0.2, 0.25) is 10.0 Å². The Labute approximate surface area is 157 Å². The maximum Gasteiger partial charge on any atom is 0.432 e. The van der Waals surface area contributed by atoms with Gasteiger partial charge in [-0.15, -0.1) is 11.3 Å². The number of hydrogen-bond acceptors (Lipinski definition) is 6. The number of aromatic nitrogens is 2. The summed E-state index contributed by atoms with van der Waals surface area (Å²) in [4.78, 5) is 0.692. The molecule has 0 spiro atoms. The van der Waals surface area contributed by atoms with E-state index in [-0.39, 0.29) is 36.2 Å². The van der Waals surface area contributed by atoms with Crippen LogP contribution in [0, 0.1) is 12.8 Å². The number of aryl methyl sites for hydroxylation is 1. The van der Waals surface area contributed by atoms with E-state index in [0.717, 1.165) is 21.7 Å². The molecule has 3 heterocycles. The van der Waals surface area contributed by atoms with Gasteiger partial charge in [-0.3, -0.25) is 5.10 Å². The number of H-pyrrole nitrogens is 1. The lowest BCUT2D eigenvalue weighted by Gasteiger charge is -2.34. The Morgan fingerprint density at radius 2 is 2.11 bits per heavy atom. The molecular weight excluding hydrogens is 407 g/mol. The van der Waals surface area contributed by atoms with Gasteiger partial charge in [0.25, 0.3) is 0 Å². The fraction of sp³-hybridized carbons (Fsp3) is 0.533. The van der Waals surface area contributed by atoms with Crippen molar-refractivity contribution >= 4 is 21.4 Å². The first-order valence-electron chi connectivity index (χ1n) is 8.06. The molecule has 1 aliphatic heterocycles. The molecule has 2 aromatic heterocycles. The number of thiophene rings is 1. The molecular formula is C15H18F3N3O4S2. The zero-order chi connectivity index (χ0) is 20.0. The molecule has 0 radical (unpaired) electrons. The van der Waals surface area contributed by atoms with Crippen LogP contribution >= 0.6 is 11.3 Å². The summed E-state index contributed by atoms with van der Waals surface area (Å²) in [5, 5.41) is 24.7. The first-order chi connectivity index (χ1) is 12.5. The number of hydrogen-bond donors (Lipinski definition) is 3. The summed E-state index contributed by atoms with van der Waals surface area (Å²) >= 11 is 1.03. The van der Waals surface area contributed by atoms with E-state index in [1.807, 2.05) is 5.10 Å². The molecule has 0 bridgehead atoms. The van der Waals surface area contributed by atoms with Gasteiger partial charge in [0.05, 0.1) is 15.9 Å².